The minimum absolute atomic E-state index is 0.0904. The van der Waals surface area contributed by atoms with Crippen LogP contribution in [0.3, 0.4) is 0 Å². The molecule has 214 valence electrons. The third kappa shape index (κ3) is 7.91. The van der Waals surface area contributed by atoms with Gasteiger partial charge in [0.1, 0.15) is 23.6 Å². The standard InChI is InChI=1S/C25H34F3N7O4/c1-14(2)35-17(8-10-30-35)21(36)33-20(15(3)39-24(4,5)6)22(37)32-19-11-16(7-9-29-19)12-34-13-18(25(26,27)28)31-23(34)38/h7-11,14-15,18,20H,12-13H2,1-6H3,(H,31,38)(H,33,36)(H,29,32,37)/t15-,18+,20+/m1/s1. The molecule has 1 saturated heterocycles. The van der Waals surface area contributed by atoms with Gasteiger partial charge in [-0.25, -0.2) is 9.78 Å². The summed E-state index contributed by atoms with van der Waals surface area (Å²) in [5.41, 5.74) is 0.108. The molecule has 2 aromatic rings. The molecule has 4 amide bonds. The van der Waals surface area contributed by atoms with Gasteiger partial charge < -0.3 is 25.6 Å². The quantitative estimate of drug-likeness (QED) is 0.437. The number of ether oxygens (including phenoxy) is 1. The van der Waals surface area contributed by atoms with Crippen molar-refractivity contribution in [3.05, 3.63) is 41.9 Å². The number of halogens is 3. The normalized spacial score (nSPS) is 17.6. The van der Waals surface area contributed by atoms with E-state index in [0.29, 0.717) is 5.56 Å². The molecule has 0 unspecified atom stereocenters. The van der Waals surface area contributed by atoms with E-state index in [4.69, 9.17) is 4.74 Å². The number of rotatable bonds is 9. The minimum atomic E-state index is -4.56. The molecule has 1 aliphatic rings. The van der Waals surface area contributed by atoms with E-state index < -0.39 is 54.4 Å². The molecule has 0 radical (unpaired) electrons. The second-order valence-corrected chi connectivity index (χ2v) is 10.6. The lowest BCUT2D eigenvalue weighted by atomic mass is 10.1. The Morgan fingerprint density at radius 1 is 1.18 bits per heavy atom. The molecule has 0 aromatic carbocycles. The molecule has 0 aliphatic carbocycles. The Labute approximate surface area is 224 Å². The van der Waals surface area contributed by atoms with Crippen LogP contribution in [0.1, 0.15) is 63.6 Å². The summed E-state index contributed by atoms with van der Waals surface area (Å²) in [6.45, 7) is 10.2. The first-order valence-corrected chi connectivity index (χ1v) is 12.5. The molecule has 3 heterocycles. The topological polar surface area (TPSA) is 130 Å². The summed E-state index contributed by atoms with van der Waals surface area (Å²) in [7, 11) is 0. The summed E-state index contributed by atoms with van der Waals surface area (Å²) < 4.78 is 46.5. The number of nitrogens with one attached hydrogen (secondary N) is 3. The van der Waals surface area contributed by atoms with E-state index in [-0.39, 0.29) is 24.1 Å². The zero-order chi connectivity index (χ0) is 29.1. The Morgan fingerprint density at radius 2 is 1.87 bits per heavy atom. The largest absolute Gasteiger partial charge is 0.410 e. The van der Waals surface area contributed by atoms with Crippen molar-refractivity contribution in [2.45, 2.75) is 84.1 Å². The second-order valence-electron chi connectivity index (χ2n) is 10.6. The highest BCUT2D eigenvalue weighted by atomic mass is 19.4. The van der Waals surface area contributed by atoms with Crippen LogP contribution in [0.2, 0.25) is 0 Å². The van der Waals surface area contributed by atoms with Crippen molar-refractivity contribution in [2.75, 3.05) is 11.9 Å². The number of hydrogen-bond donors (Lipinski definition) is 3. The van der Waals surface area contributed by atoms with Crippen LogP contribution in [0, 0.1) is 0 Å². The highest BCUT2D eigenvalue weighted by Gasteiger charge is 2.46. The van der Waals surface area contributed by atoms with Crippen molar-refractivity contribution in [3.63, 3.8) is 0 Å². The SMILES string of the molecule is CC(C)n1nccc1C(=O)N[C@H](C(=O)Nc1cc(CN2C[C@@H](C(F)(F)F)NC2=O)ccn1)[C@@H](C)OC(C)(C)C. The van der Waals surface area contributed by atoms with Crippen molar-refractivity contribution in [1.82, 2.24) is 30.3 Å². The fraction of sp³-hybridized carbons (Fsp3) is 0.560. The van der Waals surface area contributed by atoms with Crippen LogP contribution in [0.25, 0.3) is 0 Å². The first-order chi connectivity index (χ1) is 18.0. The van der Waals surface area contributed by atoms with E-state index in [1.807, 2.05) is 39.9 Å². The fourth-order valence-electron chi connectivity index (χ4n) is 4.12. The highest BCUT2D eigenvalue weighted by molar-refractivity contribution is 6.00. The van der Waals surface area contributed by atoms with Gasteiger partial charge in [-0.1, -0.05) is 0 Å². The van der Waals surface area contributed by atoms with Crippen molar-refractivity contribution in [1.29, 1.82) is 0 Å². The molecule has 0 saturated carbocycles. The lowest BCUT2D eigenvalue weighted by molar-refractivity contribution is -0.149. The third-order valence-electron chi connectivity index (χ3n) is 5.80. The summed E-state index contributed by atoms with van der Waals surface area (Å²) in [5.74, 6) is -1.04. The number of alkyl halides is 3. The maximum absolute atomic E-state index is 13.4. The zero-order valence-corrected chi connectivity index (χ0v) is 22.7. The van der Waals surface area contributed by atoms with Gasteiger partial charge in [0.05, 0.1) is 18.2 Å². The van der Waals surface area contributed by atoms with Gasteiger partial charge in [0.15, 0.2) is 0 Å². The molecule has 11 nitrogen and oxygen atoms in total. The van der Waals surface area contributed by atoms with Gasteiger partial charge in [0.25, 0.3) is 11.8 Å². The van der Waals surface area contributed by atoms with E-state index in [2.05, 4.69) is 20.7 Å². The fourth-order valence-corrected chi connectivity index (χ4v) is 4.12. The molecule has 14 heteroatoms. The van der Waals surface area contributed by atoms with Gasteiger partial charge in [0, 0.05) is 25.0 Å². The Balaban J connectivity index is 1.76. The van der Waals surface area contributed by atoms with Gasteiger partial charge in [-0.15, -0.1) is 0 Å². The summed E-state index contributed by atoms with van der Waals surface area (Å²) in [6.07, 6.45) is -2.45. The van der Waals surface area contributed by atoms with E-state index in [9.17, 15) is 27.6 Å². The molecule has 3 rings (SSSR count). The van der Waals surface area contributed by atoms with Crippen molar-refractivity contribution >= 4 is 23.7 Å². The summed E-state index contributed by atoms with van der Waals surface area (Å²) in [6, 6.07) is 0.516. The first kappa shape index (κ1) is 29.9. The van der Waals surface area contributed by atoms with Gasteiger partial charge in [-0.05, 0) is 65.3 Å². The number of nitrogens with zero attached hydrogens (tertiary/aromatic N) is 4. The van der Waals surface area contributed by atoms with Crippen LogP contribution in [-0.4, -0.2) is 74.0 Å². The molecular weight excluding hydrogens is 519 g/mol. The van der Waals surface area contributed by atoms with E-state index >= 15 is 0 Å². The molecule has 0 spiro atoms. The molecule has 1 fully saturated rings. The predicted molar refractivity (Wildman–Crippen MR) is 136 cm³/mol. The Hall–Kier alpha value is -3.68. The number of pyridine rings is 1. The number of aromatic nitrogens is 3. The summed E-state index contributed by atoms with van der Waals surface area (Å²) in [4.78, 5) is 43.6. The van der Waals surface area contributed by atoms with Crippen LogP contribution < -0.4 is 16.0 Å². The van der Waals surface area contributed by atoms with Gasteiger partial charge in [0.2, 0.25) is 0 Å². The number of carbonyl (C=O) groups excluding carboxylic acids is 3. The smallest absolute Gasteiger partial charge is 0.370 e. The molecular formula is C25H34F3N7O4. The van der Waals surface area contributed by atoms with Gasteiger partial charge >= 0.3 is 12.2 Å². The van der Waals surface area contributed by atoms with Crippen LogP contribution in [0.5, 0.6) is 0 Å². The lowest BCUT2D eigenvalue weighted by Crippen LogP contribution is -2.52. The molecule has 0 bridgehead atoms. The monoisotopic (exact) mass is 553 g/mol. The minimum Gasteiger partial charge on any atom is -0.370 e. The third-order valence-corrected chi connectivity index (χ3v) is 5.80. The Morgan fingerprint density at radius 3 is 2.46 bits per heavy atom. The Bertz CT molecular complexity index is 1190. The maximum atomic E-state index is 13.4. The number of carbonyl (C=O) groups is 3. The molecule has 1 aliphatic heterocycles. The van der Waals surface area contributed by atoms with Crippen molar-refractivity contribution in [2.24, 2.45) is 0 Å². The number of hydrogen-bond acceptors (Lipinski definition) is 6. The average Bonchev–Trinajstić information content (AvgIpc) is 3.43. The number of anilines is 1. The lowest BCUT2D eigenvalue weighted by Gasteiger charge is -2.30. The summed E-state index contributed by atoms with van der Waals surface area (Å²) in [5, 5.41) is 11.4. The van der Waals surface area contributed by atoms with Crippen LogP contribution in [-0.2, 0) is 16.1 Å². The zero-order valence-electron chi connectivity index (χ0n) is 22.7. The molecule has 3 N–H and O–H groups in total. The molecule has 3 atom stereocenters. The van der Waals surface area contributed by atoms with Crippen molar-refractivity contribution < 1.29 is 32.3 Å². The molecule has 39 heavy (non-hydrogen) atoms. The average molecular weight is 554 g/mol. The van der Waals surface area contributed by atoms with E-state index in [1.165, 1.54) is 29.2 Å². The number of urea groups is 1. The maximum Gasteiger partial charge on any atom is 0.410 e. The van der Waals surface area contributed by atoms with Gasteiger partial charge in [-0.2, -0.15) is 18.3 Å². The van der Waals surface area contributed by atoms with Crippen molar-refractivity contribution in [3.8, 4) is 0 Å². The Kier molecular flexibility index (Phi) is 8.88. The van der Waals surface area contributed by atoms with Gasteiger partial charge in [-0.3, -0.25) is 14.3 Å². The first-order valence-electron chi connectivity index (χ1n) is 12.5. The highest BCUT2D eigenvalue weighted by Crippen LogP contribution is 2.25. The number of amides is 4. The van der Waals surface area contributed by atoms with Crippen LogP contribution in [0.15, 0.2) is 30.6 Å². The van der Waals surface area contributed by atoms with E-state index in [0.717, 1.165) is 4.90 Å². The predicted octanol–water partition coefficient (Wildman–Crippen LogP) is 3.26. The van der Waals surface area contributed by atoms with Crippen LogP contribution in [0.4, 0.5) is 23.8 Å². The second kappa shape index (κ2) is 11.6. The summed E-state index contributed by atoms with van der Waals surface area (Å²) >= 11 is 0. The van der Waals surface area contributed by atoms with E-state index in [1.54, 1.807) is 13.0 Å². The van der Waals surface area contributed by atoms with Crippen LogP contribution >= 0.6 is 0 Å². The molecule has 2 aromatic heterocycles.